The van der Waals surface area contributed by atoms with Crippen molar-refractivity contribution in [2.75, 3.05) is 20.1 Å². The zero-order valence-electron chi connectivity index (χ0n) is 14.7. The third-order valence-electron chi connectivity index (χ3n) is 6.76. The average Bonchev–Trinajstić information content (AvgIpc) is 3.05. The summed E-state index contributed by atoms with van der Waals surface area (Å²) < 4.78 is 0. The highest BCUT2D eigenvalue weighted by atomic mass is 16.3. The Labute approximate surface area is 137 Å². The van der Waals surface area contributed by atoms with E-state index < -0.39 is 0 Å². The van der Waals surface area contributed by atoms with Crippen molar-refractivity contribution in [3.63, 3.8) is 0 Å². The van der Waals surface area contributed by atoms with Crippen molar-refractivity contribution in [3.05, 3.63) is 0 Å². The van der Waals surface area contributed by atoms with Crippen LogP contribution in [0.4, 0.5) is 0 Å². The van der Waals surface area contributed by atoms with E-state index in [1.807, 2.05) is 0 Å². The van der Waals surface area contributed by atoms with Crippen LogP contribution in [0, 0.1) is 11.8 Å². The Kier molecular flexibility index (Phi) is 5.80. The lowest BCUT2D eigenvalue weighted by Gasteiger charge is -2.37. The van der Waals surface area contributed by atoms with Crippen molar-refractivity contribution in [1.82, 2.24) is 9.80 Å². The van der Waals surface area contributed by atoms with Crippen LogP contribution >= 0.6 is 0 Å². The number of likely N-dealkylation sites (N-methyl/N-ethyl adjacent to an activating group) is 1. The minimum atomic E-state index is -0.211. The van der Waals surface area contributed by atoms with Crippen LogP contribution in [0.2, 0.25) is 0 Å². The topological polar surface area (TPSA) is 26.7 Å². The molecular formula is C19H36N2O. The van der Waals surface area contributed by atoms with Crippen LogP contribution in [0.3, 0.4) is 0 Å². The second-order valence-electron chi connectivity index (χ2n) is 8.33. The molecule has 0 spiro atoms. The van der Waals surface area contributed by atoms with Gasteiger partial charge in [0.15, 0.2) is 0 Å². The van der Waals surface area contributed by atoms with Crippen LogP contribution in [0.5, 0.6) is 0 Å². The van der Waals surface area contributed by atoms with E-state index in [-0.39, 0.29) is 6.23 Å². The van der Waals surface area contributed by atoms with E-state index >= 15 is 0 Å². The molecule has 2 atom stereocenters. The van der Waals surface area contributed by atoms with Crippen molar-refractivity contribution in [2.45, 2.75) is 89.4 Å². The maximum atomic E-state index is 10.7. The molecule has 2 aliphatic carbocycles. The lowest BCUT2D eigenvalue weighted by molar-refractivity contribution is -0.0564. The molecule has 3 rings (SSSR count). The average molecular weight is 309 g/mol. The first-order valence-corrected chi connectivity index (χ1v) is 9.79. The highest BCUT2D eigenvalue weighted by Crippen LogP contribution is 2.32. The van der Waals surface area contributed by atoms with Crippen LogP contribution < -0.4 is 0 Å². The van der Waals surface area contributed by atoms with Crippen molar-refractivity contribution < 1.29 is 5.11 Å². The maximum absolute atomic E-state index is 10.7. The Bertz CT molecular complexity index is 334. The van der Waals surface area contributed by atoms with Gasteiger partial charge in [-0.25, -0.2) is 0 Å². The van der Waals surface area contributed by atoms with Crippen molar-refractivity contribution in [2.24, 2.45) is 11.8 Å². The van der Waals surface area contributed by atoms with Crippen molar-refractivity contribution >= 4 is 0 Å². The second-order valence-corrected chi connectivity index (χ2v) is 8.33. The lowest BCUT2D eigenvalue weighted by Crippen LogP contribution is -2.47. The summed E-state index contributed by atoms with van der Waals surface area (Å²) in [4.78, 5) is 5.03. The summed E-state index contributed by atoms with van der Waals surface area (Å²) in [6.45, 7) is 4.82. The van der Waals surface area contributed by atoms with Gasteiger partial charge in [0.1, 0.15) is 6.23 Å². The van der Waals surface area contributed by atoms with Crippen molar-refractivity contribution in [1.29, 1.82) is 0 Å². The SMILES string of the molecule is CC1CCC(N2CCC(N(C)C(O)C3CCCCC3)C2)CC1. The Morgan fingerprint density at radius 3 is 2.32 bits per heavy atom. The highest BCUT2D eigenvalue weighted by Gasteiger charge is 2.35. The van der Waals surface area contributed by atoms with E-state index in [0.717, 1.165) is 12.0 Å². The van der Waals surface area contributed by atoms with Gasteiger partial charge >= 0.3 is 0 Å². The van der Waals surface area contributed by atoms with Gasteiger partial charge < -0.3 is 5.11 Å². The summed E-state index contributed by atoms with van der Waals surface area (Å²) >= 11 is 0. The van der Waals surface area contributed by atoms with Crippen LogP contribution in [-0.2, 0) is 0 Å². The molecule has 0 aromatic carbocycles. The van der Waals surface area contributed by atoms with Gasteiger partial charge in [0.25, 0.3) is 0 Å². The van der Waals surface area contributed by atoms with E-state index in [9.17, 15) is 5.11 Å². The number of likely N-dealkylation sites (tertiary alicyclic amines) is 1. The molecule has 1 aliphatic heterocycles. The molecule has 22 heavy (non-hydrogen) atoms. The van der Waals surface area contributed by atoms with Crippen LogP contribution in [-0.4, -0.2) is 53.4 Å². The molecular weight excluding hydrogens is 272 g/mol. The molecule has 0 bridgehead atoms. The molecule has 2 saturated carbocycles. The van der Waals surface area contributed by atoms with E-state index in [4.69, 9.17) is 0 Å². The molecule has 0 aromatic rings. The fraction of sp³-hybridized carbons (Fsp3) is 1.00. The Morgan fingerprint density at radius 2 is 1.64 bits per heavy atom. The number of hydrogen-bond acceptors (Lipinski definition) is 3. The third-order valence-corrected chi connectivity index (χ3v) is 6.76. The zero-order chi connectivity index (χ0) is 15.5. The van der Waals surface area contributed by atoms with Gasteiger partial charge in [-0.05, 0) is 63.8 Å². The number of rotatable bonds is 4. The fourth-order valence-electron chi connectivity index (χ4n) is 5.02. The van der Waals surface area contributed by atoms with Gasteiger partial charge in [0.05, 0.1) is 0 Å². The number of hydrogen-bond donors (Lipinski definition) is 1. The Balaban J connectivity index is 1.48. The molecule has 1 N–H and O–H groups in total. The summed E-state index contributed by atoms with van der Waals surface area (Å²) in [6, 6.07) is 1.39. The summed E-state index contributed by atoms with van der Waals surface area (Å²) in [6.07, 6.45) is 13.1. The molecule has 3 fully saturated rings. The molecule has 0 aromatic heterocycles. The fourth-order valence-corrected chi connectivity index (χ4v) is 5.02. The second kappa shape index (κ2) is 7.63. The van der Waals surface area contributed by atoms with Gasteiger partial charge in [0.2, 0.25) is 0 Å². The number of aliphatic hydroxyl groups is 1. The first-order valence-electron chi connectivity index (χ1n) is 9.79. The molecule has 2 unspecified atom stereocenters. The minimum Gasteiger partial charge on any atom is -0.378 e. The lowest BCUT2D eigenvalue weighted by atomic mass is 9.86. The van der Waals surface area contributed by atoms with Crippen LogP contribution in [0.1, 0.15) is 71.1 Å². The molecule has 128 valence electrons. The largest absolute Gasteiger partial charge is 0.378 e. The standard InChI is InChI=1S/C19H36N2O/c1-15-8-10-17(11-9-15)21-13-12-18(14-21)20(2)19(22)16-6-4-3-5-7-16/h15-19,22H,3-14H2,1-2H3. The predicted molar refractivity (Wildman–Crippen MR) is 91.7 cm³/mol. The highest BCUT2D eigenvalue weighted by molar-refractivity contribution is 4.89. The minimum absolute atomic E-state index is 0.211. The van der Waals surface area contributed by atoms with Crippen molar-refractivity contribution in [3.8, 4) is 0 Å². The van der Waals surface area contributed by atoms with E-state index in [2.05, 4.69) is 23.8 Å². The summed E-state index contributed by atoms with van der Waals surface area (Å²) in [5.41, 5.74) is 0. The monoisotopic (exact) mass is 308 g/mol. The molecule has 3 nitrogen and oxygen atoms in total. The van der Waals surface area contributed by atoms with Gasteiger partial charge in [-0.1, -0.05) is 26.2 Å². The van der Waals surface area contributed by atoms with Gasteiger partial charge in [-0.2, -0.15) is 0 Å². The van der Waals surface area contributed by atoms with Gasteiger partial charge in [-0.15, -0.1) is 0 Å². The molecule has 0 radical (unpaired) electrons. The Morgan fingerprint density at radius 1 is 0.955 bits per heavy atom. The van der Waals surface area contributed by atoms with Gasteiger partial charge in [-0.3, -0.25) is 9.80 Å². The maximum Gasteiger partial charge on any atom is 0.110 e. The zero-order valence-corrected chi connectivity index (χ0v) is 14.7. The molecule has 0 amide bonds. The first-order chi connectivity index (χ1) is 10.6. The van der Waals surface area contributed by atoms with E-state index in [0.29, 0.717) is 12.0 Å². The first kappa shape index (κ1) is 16.7. The molecule has 1 saturated heterocycles. The predicted octanol–water partition coefficient (Wildman–Crippen LogP) is 3.47. The molecule has 3 aliphatic rings. The summed E-state index contributed by atoms with van der Waals surface area (Å²) in [5.74, 6) is 1.45. The third kappa shape index (κ3) is 3.85. The Hall–Kier alpha value is -0.120. The van der Waals surface area contributed by atoms with Crippen LogP contribution in [0.15, 0.2) is 0 Å². The molecule has 3 heteroatoms. The number of nitrogens with zero attached hydrogens (tertiary/aromatic N) is 2. The van der Waals surface area contributed by atoms with Gasteiger partial charge in [0, 0.05) is 25.2 Å². The number of aliphatic hydroxyl groups excluding tert-OH is 1. The quantitative estimate of drug-likeness (QED) is 0.806. The summed E-state index contributed by atoms with van der Waals surface area (Å²) in [5, 5.41) is 10.7. The smallest absolute Gasteiger partial charge is 0.110 e. The van der Waals surface area contributed by atoms with E-state index in [1.54, 1.807) is 0 Å². The summed E-state index contributed by atoms with van der Waals surface area (Å²) in [7, 11) is 2.16. The van der Waals surface area contributed by atoms with E-state index in [1.165, 1.54) is 77.3 Å². The molecule has 1 heterocycles. The van der Waals surface area contributed by atoms with Crippen LogP contribution in [0.25, 0.3) is 0 Å². The normalized spacial score (nSPS) is 36.8.